The second-order valence-electron chi connectivity index (χ2n) is 4.46. The van der Waals surface area contributed by atoms with E-state index in [0.29, 0.717) is 11.1 Å². The van der Waals surface area contributed by atoms with Gasteiger partial charge < -0.3 is 10.5 Å². The van der Waals surface area contributed by atoms with Gasteiger partial charge in [0.25, 0.3) is 0 Å². The van der Waals surface area contributed by atoms with Gasteiger partial charge in [-0.25, -0.2) is 0 Å². The average Bonchev–Trinajstić information content (AvgIpc) is 2.37. The van der Waals surface area contributed by atoms with E-state index in [2.05, 4.69) is 4.74 Å². The normalized spacial score (nSPS) is 12.4. The molecule has 2 nitrogen and oxygen atoms in total. The first-order valence-electron chi connectivity index (χ1n) is 6.07. The molecule has 1 unspecified atom stereocenters. The maximum atomic E-state index is 12.4. The Hall–Kier alpha value is -1.72. The minimum absolute atomic E-state index is 0. The summed E-state index contributed by atoms with van der Waals surface area (Å²) in [5, 5.41) is 0. The van der Waals surface area contributed by atoms with Crippen LogP contribution in [0.3, 0.4) is 0 Å². The van der Waals surface area contributed by atoms with Crippen molar-refractivity contribution in [2.24, 2.45) is 5.73 Å². The molecular weight excluding hydrogens is 303 g/mol. The lowest BCUT2D eigenvalue weighted by Gasteiger charge is -2.14. The highest BCUT2D eigenvalue weighted by atomic mass is 35.5. The van der Waals surface area contributed by atoms with Gasteiger partial charge in [-0.05, 0) is 30.2 Å². The molecule has 0 aliphatic heterocycles. The van der Waals surface area contributed by atoms with Crippen LogP contribution in [0.2, 0.25) is 0 Å². The Balaban J connectivity index is 0.00000220. The van der Waals surface area contributed by atoms with Gasteiger partial charge in [-0.2, -0.15) is 0 Å². The molecular formula is C15H15ClF3NO. The summed E-state index contributed by atoms with van der Waals surface area (Å²) in [7, 11) is 0. The number of ether oxygens (including phenoxy) is 1. The number of rotatable bonds is 3. The van der Waals surface area contributed by atoms with Crippen molar-refractivity contribution < 1.29 is 17.9 Å². The molecule has 0 aromatic heterocycles. The zero-order valence-corrected chi connectivity index (χ0v) is 12.0. The van der Waals surface area contributed by atoms with Gasteiger partial charge in [0.1, 0.15) is 5.75 Å². The minimum atomic E-state index is -4.71. The topological polar surface area (TPSA) is 35.2 Å². The summed E-state index contributed by atoms with van der Waals surface area (Å²) in [6, 6.07) is 12.9. The molecule has 2 N–H and O–H groups in total. The van der Waals surface area contributed by atoms with Crippen LogP contribution in [-0.2, 0) is 0 Å². The third kappa shape index (κ3) is 4.65. The Bertz CT molecular complexity index is 599. The molecule has 114 valence electrons. The van der Waals surface area contributed by atoms with Gasteiger partial charge in [-0.1, -0.05) is 36.4 Å². The number of hydrogen-bond donors (Lipinski definition) is 1. The fraction of sp³-hybridized carbons (Fsp3) is 0.200. The van der Waals surface area contributed by atoms with Gasteiger partial charge in [-0.15, -0.1) is 25.6 Å². The second kappa shape index (κ2) is 6.83. The second-order valence-corrected chi connectivity index (χ2v) is 4.46. The summed E-state index contributed by atoms with van der Waals surface area (Å²) in [6.07, 6.45) is -4.71. The molecule has 21 heavy (non-hydrogen) atoms. The van der Waals surface area contributed by atoms with Gasteiger partial charge in [-0.3, -0.25) is 0 Å². The van der Waals surface area contributed by atoms with Crippen LogP contribution in [0.15, 0.2) is 48.5 Å². The third-order valence-corrected chi connectivity index (χ3v) is 2.84. The van der Waals surface area contributed by atoms with Crippen molar-refractivity contribution in [2.75, 3.05) is 0 Å². The first-order valence-corrected chi connectivity index (χ1v) is 6.07. The van der Waals surface area contributed by atoms with E-state index in [1.807, 2.05) is 13.0 Å². The van der Waals surface area contributed by atoms with Gasteiger partial charge >= 0.3 is 6.36 Å². The molecule has 0 saturated carbocycles. The smallest absolute Gasteiger partial charge is 0.405 e. The Morgan fingerprint density at radius 1 is 1.05 bits per heavy atom. The third-order valence-electron chi connectivity index (χ3n) is 2.84. The fourth-order valence-electron chi connectivity index (χ4n) is 1.91. The molecule has 0 fully saturated rings. The lowest BCUT2D eigenvalue weighted by molar-refractivity contribution is -0.274. The van der Waals surface area contributed by atoms with E-state index in [0.717, 1.165) is 5.56 Å². The summed E-state index contributed by atoms with van der Waals surface area (Å²) in [4.78, 5) is 0. The molecule has 2 rings (SSSR count). The highest BCUT2D eigenvalue weighted by molar-refractivity contribution is 5.85. The summed E-state index contributed by atoms with van der Waals surface area (Å²) in [5.41, 5.74) is 7.66. The van der Waals surface area contributed by atoms with Crippen LogP contribution in [-0.4, -0.2) is 6.36 Å². The van der Waals surface area contributed by atoms with Crippen LogP contribution in [0.1, 0.15) is 18.5 Å². The van der Waals surface area contributed by atoms with Crippen molar-refractivity contribution in [3.63, 3.8) is 0 Å². The molecule has 0 spiro atoms. The lowest BCUT2D eigenvalue weighted by Crippen LogP contribution is -2.17. The zero-order chi connectivity index (χ0) is 14.8. The molecule has 0 bridgehead atoms. The predicted octanol–water partition coefficient (Wildman–Crippen LogP) is 4.69. The van der Waals surface area contributed by atoms with Crippen molar-refractivity contribution in [2.45, 2.75) is 19.3 Å². The minimum Gasteiger partial charge on any atom is -0.405 e. The van der Waals surface area contributed by atoms with Gasteiger partial charge in [0.15, 0.2) is 0 Å². The number of alkyl halides is 3. The fourth-order valence-corrected chi connectivity index (χ4v) is 1.91. The van der Waals surface area contributed by atoms with Crippen LogP contribution < -0.4 is 10.5 Å². The highest BCUT2D eigenvalue weighted by Gasteiger charge is 2.32. The van der Waals surface area contributed by atoms with Crippen LogP contribution in [0.25, 0.3) is 11.1 Å². The SMILES string of the molecule is CC(N)c1cccc(-c2ccccc2OC(F)(F)F)c1.Cl. The molecule has 0 heterocycles. The molecule has 0 aliphatic rings. The van der Waals surface area contributed by atoms with Crippen LogP contribution in [0.4, 0.5) is 13.2 Å². The van der Waals surface area contributed by atoms with E-state index in [1.165, 1.54) is 12.1 Å². The lowest BCUT2D eigenvalue weighted by atomic mass is 10.00. The summed E-state index contributed by atoms with van der Waals surface area (Å²) >= 11 is 0. The number of nitrogens with two attached hydrogens (primary N) is 1. The Labute approximate surface area is 127 Å². The maximum absolute atomic E-state index is 12.4. The highest BCUT2D eigenvalue weighted by Crippen LogP contribution is 2.34. The monoisotopic (exact) mass is 317 g/mol. The van der Waals surface area contributed by atoms with Gasteiger partial charge in [0, 0.05) is 11.6 Å². The van der Waals surface area contributed by atoms with E-state index in [1.54, 1.807) is 30.3 Å². The molecule has 1 atom stereocenters. The quantitative estimate of drug-likeness (QED) is 0.891. The molecule has 0 aliphatic carbocycles. The largest absolute Gasteiger partial charge is 0.573 e. The Morgan fingerprint density at radius 2 is 1.71 bits per heavy atom. The van der Waals surface area contributed by atoms with Crippen molar-refractivity contribution >= 4 is 12.4 Å². The number of benzene rings is 2. The van der Waals surface area contributed by atoms with Crippen molar-refractivity contribution in [1.29, 1.82) is 0 Å². The molecule has 6 heteroatoms. The van der Waals surface area contributed by atoms with E-state index in [-0.39, 0.29) is 24.2 Å². The van der Waals surface area contributed by atoms with Crippen molar-refractivity contribution in [3.05, 3.63) is 54.1 Å². The van der Waals surface area contributed by atoms with Gasteiger partial charge in [0.05, 0.1) is 0 Å². The zero-order valence-electron chi connectivity index (χ0n) is 11.2. The molecule has 2 aromatic carbocycles. The first kappa shape index (κ1) is 17.3. The number of hydrogen-bond acceptors (Lipinski definition) is 2. The van der Waals surface area contributed by atoms with Crippen LogP contribution in [0, 0.1) is 0 Å². The van der Waals surface area contributed by atoms with E-state index >= 15 is 0 Å². The van der Waals surface area contributed by atoms with Crippen molar-refractivity contribution in [1.82, 2.24) is 0 Å². The van der Waals surface area contributed by atoms with Crippen LogP contribution >= 0.6 is 12.4 Å². The van der Waals surface area contributed by atoms with Crippen molar-refractivity contribution in [3.8, 4) is 16.9 Å². The molecule has 2 aromatic rings. The first-order chi connectivity index (χ1) is 9.37. The maximum Gasteiger partial charge on any atom is 0.573 e. The van der Waals surface area contributed by atoms with Crippen LogP contribution in [0.5, 0.6) is 5.75 Å². The Morgan fingerprint density at radius 3 is 2.33 bits per heavy atom. The van der Waals surface area contributed by atoms with Gasteiger partial charge in [0.2, 0.25) is 0 Å². The Kier molecular flexibility index (Phi) is 5.63. The number of halogens is 4. The number of para-hydroxylation sites is 1. The summed E-state index contributed by atoms with van der Waals surface area (Å²) in [6.45, 7) is 1.82. The molecule has 0 saturated heterocycles. The summed E-state index contributed by atoms with van der Waals surface area (Å²) < 4.78 is 41.3. The van der Waals surface area contributed by atoms with E-state index < -0.39 is 6.36 Å². The molecule has 0 amide bonds. The average molecular weight is 318 g/mol. The standard InChI is InChI=1S/C15H14F3NO.ClH/c1-10(19)11-5-4-6-12(9-11)13-7-2-3-8-14(13)20-15(16,17)18;/h2-10H,19H2,1H3;1H. The van der Waals surface area contributed by atoms with E-state index in [9.17, 15) is 13.2 Å². The molecule has 0 radical (unpaired) electrons. The van der Waals surface area contributed by atoms with E-state index in [4.69, 9.17) is 5.73 Å². The summed E-state index contributed by atoms with van der Waals surface area (Å²) in [5.74, 6) is -0.221. The predicted molar refractivity (Wildman–Crippen MR) is 78.4 cm³/mol.